The average molecular weight is 114 g/mol. The van der Waals surface area contributed by atoms with Crippen molar-refractivity contribution >= 4 is 0 Å². The van der Waals surface area contributed by atoms with Gasteiger partial charge in [0.15, 0.2) is 6.29 Å². The highest BCUT2D eigenvalue weighted by atomic mass is 16.7. The molecule has 2 aliphatic heterocycles. The summed E-state index contributed by atoms with van der Waals surface area (Å²) in [6, 6.07) is 0. The largest absolute Gasteiger partial charge is 0.348 e. The van der Waals surface area contributed by atoms with Gasteiger partial charge in [-0.25, -0.2) is 5.32 Å². The molecule has 3 heteroatoms. The number of hydrogen-bond donors (Lipinski definition) is 0. The summed E-state index contributed by atoms with van der Waals surface area (Å²) in [7, 11) is 0. The molecule has 0 aromatic heterocycles. The quantitative estimate of drug-likeness (QED) is 0.419. The van der Waals surface area contributed by atoms with Crippen LogP contribution >= 0.6 is 0 Å². The minimum absolute atomic E-state index is 0.00579. The van der Waals surface area contributed by atoms with E-state index >= 15 is 0 Å². The SMILES string of the molecule is C1[N]CC2OCC1O2. The average Bonchev–Trinajstić information content (AvgIpc) is 2.12. The van der Waals surface area contributed by atoms with Crippen LogP contribution in [0.3, 0.4) is 0 Å². The first-order chi connectivity index (χ1) is 3.95. The molecule has 0 saturated carbocycles. The van der Waals surface area contributed by atoms with Crippen LogP contribution in [0.15, 0.2) is 0 Å². The third kappa shape index (κ3) is 0.632. The third-order valence-electron chi connectivity index (χ3n) is 1.42. The molecule has 0 aromatic carbocycles. The molecule has 2 heterocycles. The molecule has 2 saturated heterocycles. The Bertz CT molecular complexity index is 82.4. The predicted octanol–water partition coefficient (Wildman–Crippen LogP) is -0.654. The van der Waals surface area contributed by atoms with Gasteiger partial charge in [0.05, 0.1) is 19.3 Å². The van der Waals surface area contributed by atoms with Gasteiger partial charge in [0.1, 0.15) is 0 Å². The molecule has 8 heavy (non-hydrogen) atoms. The van der Waals surface area contributed by atoms with Crippen molar-refractivity contribution in [2.24, 2.45) is 0 Å². The molecule has 45 valence electrons. The van der Waals surface area contributed by atoms with Gasteiger partial charge < -0.3 is 9.47 Å². The molecule has 2 atom stereocenters. The van der Waals surface area contributed by atoms with E-state index in [1.807, 2.05) is 0 Å². The Balaban J connectivity index is 2.03. The summed E-state index contributed by atoms with van der Waals surface area (Å²) in [5.41, 5.74) is 0. The van der Waals surface area contributed by atoms with E-state index in [1.165, 1.54) is 0 Å². The number of rotatable bonds is 0. The minimum Gasteiger partial charge on any atom is -0.348 e. The molecule has 0 aromatic rings. The zero-order chi connectivity index (χ0) is 5.40. The smallest absolute Gasteiger partial charge is 0.172 e. The topological polar surface area (TPSA) is 32.6 Å². The maximum Gasteiger partial charge on any atom is 0.172 e. The van der Waals surface area contributed by atoms with Crippen LogP contribution in [0.1, 0.15) is 0 Å². The molecule has 0 spiro atoms. The van der Waals surface area contributed by atoms with Crippen molar-refractivity contribution in [1.29, 1.82) is 0 Å². The highest BCUT2D eigenvalue weighted by Crippen LogP contribution is 2.14. The second-order valence-corrected chi connectivity index (χ2v) is 2.11. The van der Waals surface area contributed by atoms with Crippen molar-refractivity contribution in [2.45, 2.75) is 12.4 Å². The molecule has 2 bridgehead atoms. The fourth-order valence-corrected chi connectivity index (χ4v) is 1.02. The zero-order valence-electron chi connectivity index (χ0n) is 4.54. The molecule has 1 radical (unpaired) electrons. The second-order valence-electron chi connectivity index (χ2n) is 2.11. The van der Waals surface area contributed by atoms with Crippen molar-refractivity contribution in [1.82, 2.24) is 5.32 Å². The Kier molecular flexibility index (Phi) is 0.997. The lowest BCUT2D eigenvalue weighted by atomic mass is 10.3. The van der Waals surface area contributed by atoms with E-state index in [1.54, 1.807) is 0 Å². The summed E-state index contributed by atoms with van der Waals surface area (Å²) in [6.45, 7) is 2.31. The maximum atomic E-state index is 5.28. The molecule has 2 aliphatic rings. The van der Waals surface area contributed by atoms with Gasteiger partial charge in [-0.15, -0.1) is 0 Å². The van der Waals surface area contributed by atoms with Crippen molar-refractivity contribution in [3.05, 3.63) is 0 Å². The van der Waals surface area contributed by atoms with Gasteiger partial charge in [0, 0.05) is 6.54 Å². The minimum atomic E-state index is -0.00579. The summed E-state index contributed by atoms with van der Waals surface area (Å²) in [5, 5.41) is 4.15. The standard InChI is InChI=1S/C5H8NO2/c1-4-3-7-5(8-4)2-6-1/h4-5H,1-3H2. The van der Waals surface area contributed by atoms with E-state index in [9.17, 15) is 0 Å². The van der Waals surface area contributed by atoms with Gasteiger partial charge in [-0.1, -0.05) is 0 Å². The number of nitrogens with zero attached hydrogens (tertiary/aromatic N) is 1. The van der Waals surface area contributed by atoms with Gasteiger partial charge in [-0.3, -0.25) is 0 Å². The Hall–Kier alpha value is -0.120. The Morgan fingerprint density at radius 2 is 2.38 bits per heavy atom. The van der Waals surface area contributed by atoms with Crippen LogP contribution in [-0.4, -0.2) is 32.1 Å². The monoisotopic (exact) mass is 114 g/mol. The van der Waals surface area contributed by atoms with Crippen molar-refractivity contribution in [3.63, 3.8) is 0 Å². The zero-order valence-corrected chi connectivity index (χ0v) is 4.54. The van der Waals surface area contributed by atoms with E-state index in [2.05, 4.69) is 5.32 Å². The van der Waals surface area contributed by atoms with Crippen LogP contribution in [0.5, 0.6) is 0 Å². The molecule has 0 aliphatic carbocycles. The van der Waals surface area contributed by atoms with Crippen molar-refractivity contribution < 1.29 is 9.47 Å². The molecular formula is C5H8NO2. The van der Waals surface area contributed by atoms with E-state index in [0.717, 1.165) is 19.7 Å². The summed E-state index contributed by atoms with van der Waals surface area (Å²) < 4.78 is 10.4. The van der Waals surface area contributed by atoms with Gasteiger partial charge in [-0.05, 0) is 0 Å². The summed E-state index contributed by atoms with van der Waals surface area (Å²) in [5.74, 6) is 0. The summed E-state index contributed by atoms with van der Waals surface area (Å²) in [4.78, 5) is 0. The number of ether oxygens (including phenoxy) is 2. The number of morpholine rings is 1. The van der Waals surface area contributed by atoms with E-state index in [0.29, 0.717) is 0 Å². The maximum absolute atomic E-state index is 5.28. The number of fused-ring (bicyclic) bond motifs is 2. The highest BCUT2D eigenvalue weighted by Gasteiger charge is 2.30. The summed E-state index contributed by atoms with van der Waals surface area (Å²) >= 11 is 0. The van der Waals surface area contributed by atoms with Gasteiger partial charge in [-0.2, -0.15) is 0 Å². The van der Waals surface area contributed by atoms with Crippen LogP contribution in [0.4, 0.5) is 0 Å². The van der Waals surface area contributed by atoms with Crippen molar-refractivity contribution in [3.8, 4) is 0 Å². The normalized spacial score (nSPS) is 45.0. The Labute approximate surface area is 48.0 Å². The fourth-order valence-electron chi connectivity index (χ4n) is 1.02. The van der Waals surface area contributed by atoms with Gasteiger partial charge >= 0.3 is 0 Å². The Morgan fingerprint density at radius 3 is 3.12 bits per heavy atom. The molecule has 2 rings (SSSR count). The summed E-state index contributed by atoms with van der Waals surface area (Å²) in [6.07, 6.45) is 0.266. The van der Waals surface area contributed by atoms with E-state index < -0.39 is 0 Å². The Morgan fingerprint density at radius 1 is 1.38 bits per heavy atom. The lowest BCUT2D eigenvalue weighted by Crippen LogP contribution is -2.34. The lowest BCUT2D eigenvalue weighted by Gasteiger charge is -2.16. The molecule has 0 N–H and O–H groups in total. The number of hydrogen-bond acceptors (Lipinski definition) is 2. The van der Waals surface area contributed by atoms with Gasteiger partial charge in [0.25, 0.3) is 0 Å². The van der Waals surface area contributed by atoms with Crippen LogP contribution in [0.25, 0.3) is 0 Å². The molecule has 0 amide bonds. The first-order valence-electron chi connectivity index (χ1n) is 2.85. The molecule has 3 nitrogen and oxygen atoms in total. The van der Waals surface area contributed by atoms with Crippen molar-refractivity contribution in [2.75, 3.05) is 19.7 Å². The van der Waals surface area contributed by atoms with Crippen LogP contribution in [0.2, 0.25) is 0 Å². The van der Waals surface area contributed by atoms with Gasteiger partial charge in [0.2, 0.25) is 0 Å². The molecule has 2 unspecified atom stereocenters. The highest BCUT2D eigenvalue weighted by molar-refractivity contribution is 4.74. The third-order valence-corrected chi connectivity index (χ3v) is 1.42. The first-order valence-corrected chi connectivity index (χ1v) is 2.85. The second kappa shape index (κ2) is 1.69. The van der Waals surface area contributed by atoms with E-state index in [4.69, 9.17) is 9.47 Å². The van der Waals surface area contributed by atoms with E-state index in [-0.39, 0.29) is 12.4 Å². The molecule has 2 fully saturated rings. The fraction of sp³-hybridized carbons (Fsp3) is 1.00. The van der Waals surface area contributed by atoms with Crippen LogP contribution < -0.4 is 5.32 Å². The van der Waals surface area contributed by atoms with Crippen LogP contribution in [0, 0.1) is 0 Å². The van der Waals surface area contributed by atoms with Crippen LogP contribution in [-0.2, 0) is 9.47 Å². The predicted molar refractivity (Wildman–Crippen MR) is 26.5 cm³/mol. The molecular weight excluding hydrogens is 106 g/mol. The first kappa shape index (κ1) is 4.73. The lowest BCUT2D eigenvalue weighted by molar-refractivity contribution is -0.0718.